The lowest BCUT2D eigenvalue weighted by atomic mass is 10.2. The highest BCUT2D eigenvalue weighted by molar-refractivity contribution is 5.57. The predicted octanol–water partition coefficient (Wildman–Crippen LogP) is 2.40. The van der Waals surface area contributed by atoms with Gasteiger partial charge in [-0.25, -0.2) is 13.2 Å². The molecule has 5 nitrogen and oxygen atoms in total. The number of anilines is 1. The fourth-order valence-electron chi connectivity index (χ4n) is 1.50. The number of nitrogens with zero attached hydrogens (tertiary/aromatic N) is 3. The van der Waals surface area contributed by atoms with E-state index in [-0.39, 0.29) is 23.3 Å². The Morgan fingerprint density at radius 1 is 1.10 bits per heavy atom. The second-order valence-corrected chi connectivity index (χ2v) is 3.72. The molecule has 1 heterocycles. The Balaban J connectivity index is 2.57. The van der Waals surface area contributed by atoms with E-state index in [1.54, 1.807) is 0 Å². The lowest BCUT2D eigenvalue weighted by Crippen LogP contribution is -2.07. The Morgan fingerprint density at radius 3 is 2.50 bits per heavy atom. The Labute approximate surface area is 112 Å². The molecule has 2 rings (SSSR count). The summed E-state index contributed by atoms with van der Waals surface area (Å²) in [5.41, 5.74) is -0.274. The number of aromatic nitrogens is 3. The number of rotatable bonds is 4. The molecule has 0 saturated carbocycles. The molecule has 0 atom stereocenters. The maximum Gasteiger partial charge on any atom is 0.321 e. The van der Waals surface area contributed by atoms with Gasteiger partial charge < -0.3 is 10.1 Å². The van der Waals surface area contributed by atoms with Crippen LogP contribution in [0.25, 0.3) is 11.4 Å². The minimum atomic E-state index is -1.58. The second kappa shape index (κ2) is 5.72. The van der Waals surface area contributed by atoms with Crippen molar-refractivity contribution >= 4 is 5.95 Å². The average molecular weight is 284 g/mol. The number of ether oxygens (including phenoxy) is 1. The number of benzene rings is 1. The summed E-state index contributed by atoms with van der Waals surface area (Å²) in [5.74, 6) is -4.21. The molecule has 1 aromatic heterocycles. The summed E-state index contributed by atoms with van der Waals surface area (Å²) in [7, 11) is 1.33. The maximum absolute atomic E-state index is 13.7. The van der Waals surface area contributed by atoms with E-state index in [0.717, 1.165) is 12.1 Å². The third-order valence-corrected chi connectivity index (χ3v) is 2.41. The van der Waals surface area contributed by atoms with Gasteiger partial charge >= 0.3 is 6.01 Å². The molecule has 0 bridgehead atoms. The highest BCUT2D eigenvalue weighted by Crippen LogP contribution is 2.24. The summed E-state index contributed by atoms with van der Waals surface area (Å²) in [5, 5.41) is 2.81. The minimum Gasteiger partial charge on any atom is -0.467 e. The van der Waals surface area contributed by atoms with Gasteiger partial charge in [-0.1, -0.05) is 0 Å². The van der Waals surface area contributed by atoms with Crippen molar-refractivity contribution in [2.24, 2.45) is 0 Å². The fraction of sp³-hybridized carbons (Fsp3) is 0.250. The first kappa shape index (κ1) is 14.0. The lowest BCUT2D eigenvalue weighted by Gasteiger charge is -2.08. The van der Waals surface area contributed by atoms with Gasteiger partial charge in [0.1, 0.15) is 0 Å². The number of hydrogen-bond donors (Lipinski definition) is 1. The van der Waals surface area contributed by atoms with E-state index in [1.807, 2.05) is 6.92 Å². The van der Waals surface area contributed by atoms with Crippen LogP contribution in [0.5, 0.6) is 6.01 Å². The topological polar surface area (TPSA) is 59.9 Å². The average Bonchev–Trinajstić information content (AvgIpc) is 2.45. The van der Waals surface area contributed by atoms with Gasteiger partial charge in [-0.05, 0) is 19.1 Å². The quantitative estimate of drug-likeness (QED) is 0.874. The Kier molecular flexibility index (Phi) is 4.02. The molecule has 20 heavy (non-hydrogen) atoms. The maximum atomic E-state index is 13.7. The monoisotopic (exact) mass is 284 g/mol. The van der Waals surface area contributed by atoms with Gasteiger partial charge in [-0.3, -0.25) is 0 Å². The van der Waals surface area contributed by atoms with Crippen LogP contribution in [0.15, 0.2) is 12.1 Å². The molecule has 1 aromatic carbocycles. The van der Waals surface area contributed by atoms with Crippen molar-refractivity contribution < 1.29 is 17.9 Å². The summed E-state index contributed by atoms with van der Waals surface area (Å²) in [6.07, 6.45) is 0. The van der Waals surface area contributed by atoms with Crippen molar-refractivity contribution in [2.45, 2.75) is 6.92 Å². The number of methoxy groups -OCH3 is 1. The zero-order valence-electron chi connectivity index (χ0n) is 10.7. The SMILES string of the molecule is CCNc1nc(OC)nc(-c2ccc(F)c(F)c2F)n1. The zero-order chi connectivity index (χ0) is 14.7. The van der Waals surface area contributed by atoms with E-state index in [0.29, 0.717) is 6.54 Å². The minimum absolute atomic E-state index is 0.0601. The fourth-order valence-corrected chi connectivity index (χ4v) is 1.50. The third-order valence-electron chi connectivity index (χ3n) is 2.41. The molecular weight excluding hydrogens is 273 g/mol. The molecule has 0 aliphatic rings. The Bertz CT molecular complexity index is 636. The molecule has 2 aromatic rings. The van der Waals surface area contributed by atoms with Gasteiger partial charge in [-0.2, -0.15) is 15.0 Å². The zero-order valence-corrected chi connectivity index (χ0v) is 10.7. The second-order valence-electron chi connectivity index (χ2n) is 3.72. The van der Waals surface area contributed by atoms with Gasteiger partial charge in [0.15, 0.2) is 23.3 Å². The van der Waals surface area contributed by atoms with Gasteiger partial charge in [0, 0.05) is 6.54 Å². The third kappa shape index (κ3) is 2.63. The summed E-state index contributed by atoms with van der Waals surface area (Å²) in [6, 6.07) is 1.80. The van der Waals surface area contributed by atoms with Crippen LogP contribution in [0.1, 0.15) is 6.92 Å². The van der Waals surface area contributed by atoms with E-state index in [9.17, 15) is 13.2 Å². The molecular formula is C12H11F3N4O. The van der Waals surface area contributed by atoms with Crippen molar-refractivity contribution in [1.29, 1.82) is 0 Å². The summed E-state index contributed by atoms with van der Waals surface area (Å²) in [4.78, 5) is 11.6. The first-order valence-electron chi connectivity index (χ1n) is 5.74. The molecule has 0 unspecified atom stereocenters. The van der Waals surface area contributed by atoms with Crippen LogP contribution < -0.4 is 10.1 Å². The first-order valence-corrected chi connectivity index (χ1v) is 5.74. The lowest BCUT2D eigenvalue weighted by molar-refractivity contribution is 0.379. The van der Waals surface area contributed by atoms with Crippen molar-refractivity contribution in [1.82, 2.24) is 15.0 Å². The van der Waals surface area contributed by atoms with Crippen LogP contribution in [-0.2, 0) is 0 Å². The van der Waals surface area contributed by atoms with Gasteiger partial charge in [0.25, 0.3) is 0 Å². The van der Waals surface area contributed by atoms with Crippen LogP contribution in [0.4, 0.5) is 19.1 Å². The summed E-state index contributed by atoms with van der Waals surface area (Å²) < 4.78 is 44.7. The highest BCUT2D eigenvalue weighted by atomic mass is 19.2. The Morgan fingerprint density at radius 2 is 1.85 bits per heavy atom. The van der Waals surface area contributed by atoms with Crippen molar-refractivity contribution in [3.05, 3.63) is 29.6 Å². The largest absolute Gasteiger partial charge is 0.467 e. The number of hydrogen-bond acceptors (Lipinski definition) is 5. The van der Waals surface area contributed by atoms with E-state index in [1.165, 1.54) is 7.11 Å². The highest BCUT2D eigenvalue weighted by Gasteiger charge is 2.18. The normalized spacial score (nSPS) is 10.4. The molecule has 0 aliphatic heterocycles. The van der Waals surface area contributed by atoms with E-state index in [2.05, 4.69) is 20.3 Å². The van der Waals surface area contributed by atoms with Crippen LogP contribution >= 0.6 is 0 Å². The van der Waals surface area contributed by atoms with Crippen molar-refractivity contribution in [3.63, 3.8) is 0 Å². The molecule has 0 radical (unpaired) electrons. The molecule has 106 valence electrons. The van der Waals surface area contributed by atoms with E-state index < -0.39 is 17.5 Å². The van der Waals surface area contributed by atoms with Crippen LogP contribution in [0.2, 0.25) is 0 Å². The molecule has 0 aliphatic carbocycles. The Hall–Kier alpha value is -2.38. The van der Waals surface area contributed by atoms with Crippen LogP contribution in [0, 0.1) is 17.5 Å². The molecule has 0 spiro atoms. The molecule has 0 fully saturated rings. The summed E-state index contributed by atoms with van der Waals surface area (Å²) in [6.45, 7) is 2.33. The van der Waals surface area contributed by atoms with Gasteiger partial charge in [-0.15, -0.1) is 0 Å². The number of nitrogens with one attached hydrogen (secondary N) is 1. The predicted molar refractivity (Wildman–Crippen MR) is 65.9 cm³/mol. The van der Waals surface area contributed by atoms with Crippen molar-refractivity contribution in [2.75, 3.05) is 19.0 Å². The molecule has 8 heteroatoms. The first-order chi connectivity index (χ1) is 9.56. The molecule has 1 N–H and O–H groups in total. The van der Waals surface area contributed by atoms with Gasteiger partial charge in [0.05, 0.1) is 12.7 Å². The number of halogens is 3. The van der Waals surface area contributed by atoms with E-state index in [4.69, 9.17) is 4.74 Å². The van der Waals surface area contributed by atoms with E-state index >= 15 is 0 Å². The van der Waals surface area contributed by atoms with Crippen LogP contribution in [-0.4, -0.2) is 28.6 Å². The standard InChI is InChI=1S/C12H11F3N4O/c1-3-16-11-17-10(18-12(19-11)20-2)6-4-5-7(13)9(15)8(6)14/h4-5H,3H2,1-2H3,(H,16,17,18,19). The van der Waals surface area contributed by atoms with Crippen molar-refractivity contribution in [3.8, 4) is 17.4 Å². The molecule has 0 amide bonds. The van der Waals surface area contributed by atoms with Gasteiger partial charge in [0.2, 0.25) is 5.95 Å². The smallest absolute Gasteiger partial charge is 0.321 e. The van der Waals surface area contributed by atoms with Crippen LogP contribution in [0.3, 0.4) is 0 Å². The molecule has 0 saturated heterocycles. The summed E-state index contributed by atoms with van der Waals surface area (Å²) >= 11 is 0.